The van der Waals surface area contributed by atoms with Gasteiger partial charge in [-0.3, -0.25) is 9.78 Å². The van der Waals surface area contributed by atoms with Crippen LogP contribution in [0.4, 0.5) is 13.2 Å². The molecule has 0 radical (unpaired) electrons. The molecule has 15 heavy (non-hydrogen) atoms. The maximum atomic E-state index is 12.1. The fraction of sp³-hybridized carbons (Fsp3) is 0.111. The Morgan fingerprint density at radius 1 is 1.40 bits per heavy atom. The zero-order valence-electron chi connectivity index (χ0n) is 7.25. The van der Waals surface area contributed by atoms with Gasteiger partial charge in [0.15, 0.2) is 0 Å². The van der Waals surface area contributed by atoms with Crippen LogP contribution in [0.15, 0.2) is 24.4 Å². The van der Waals surface area contributed by atoms with E-state index in [1.54, 1.807) is 0 Å². The van der Waals surface area contributed by atoms with Gasteiger partial charge in [-0.05, 0) is 35.4 Å². The molecule has 0 amide bonds. The average Bonchev–Trinajstić information content (AvgIpc) is 2.14. The number of pyridine rings is 1. The number of hydrogen-bond donors (Lipinski definition) is 0. The van der Waals surface area contributed by atoms with Gasteiger partial charge in [0.05, 0.1) is 0 Å². The summed E-state index contributed by atoms with van der Waals surface area (Å²) < 4.78 is 36.2. The molecule has 0 aliphatic carbocycles. The topological polar surface area (TPSA) is 30.0 Å². The van der Waals surface area contributed by atoms with E-state index in [2.05, 4.69) is 4.98 Å². The van der Waals surface area contributed by atoms with Gasteiger partial charge in [-0.2, -0.15) is 13.2 Å². The van der Waals surface area contributed by atoms with Gasteiger partial charge in [-0.1, -0.05) is 6.07 Å². The lowest BCUT2D eigenvalue weighted by molar-refractivity contribution is -0.141. The van der Waals surface area contributed by atoms with E-state index in [0.717, 1.165) is 18.3 Å². The Bertz CT molecular complexity index is 383. The molecule has 0 N–H and O–H groups in total. The highest BCUT2D eigenvalue weighted by atomic mass is 35.5. The molecule has 0 aliphatic rings. The third-order valence-corrected chi connectivity index (χ3v) is 1.61. The quantitative estimate of drug-likeness (QED) is 0.583. The van der Waals surface area contributed by atoms with Crippen molar-refractivity contribution >= 4 is 22.9 Å². The molecule has 0 saturated heterocycles. The molecule has 0 spiro atoms. The smallest absolute Gasteiger partial charge is 0.276 e. The second kappa shape index (κ2) is 4.44. The molecule has 0 unspecified atom stereocenters. The molecule has 2 nitrogen and oxygen atoms in total. The van der Waals surface area contributed by atoms with Gasteiger partial charge < -0.3 is 0 Å². The first-order chi connectivity index (χ1) is 6.89. The van der Waals surface area contributed by atoms with E-state index in [0.29, 0.717) is 5.56 Å². The normalized spacial score (nSPS) is 12.0. The van der Waals surface area contributed by atoms with E-state index in [1.165, 1.54) is 12.1 Å². The van der Waals surface area contributed by atoms with Crippen molar-refractivity contribution in [2.45, 2.75) is 6.18 Å². The number of nitrogens with zero attached hydrogens (tertiary/aromatic N) is 1. The number of allylic oxidation sites excluding steroid dienone is 1. The van der Waals surface area contributed by atoms with Crippen LogP contribution in [0.3, 0.4) is 0 Å². The Kier molecular flexibility index (Phi) is 3.47. The highest BCUT2D eigenvalue weighted by Crippen LogP contribution is 2.27. The molecule has 0 saturated carbocycles. The third kappa shape index (κ3) is 3.71. The van der Waals surface area contributed by atoms with Crippen LogP contribution in [-0.2, 0) is 11.0 Å². The second-order valence-corrected chi connectivity index (χ2v) is 2.98. The fourth-order valence-electron chi connectivity index (χ4n) is 0.833. The Balaban J connectivity index is 2.86. The van der Waals surface area contributed by atoms with E-state index < -0.39 is 17.1 Å². The summed E-state index contributed by atoms with van der Waals surface area (Å²) in [4.78, 5) is 13.5. The van der Waals surface area contributed by atoms with Gasteiger partial charge in [0.2, 0.25) is 5.24 Å². The van der Waals surface area contributed by atoms with E-state index >= 15 is 0 Å². The highest BCUT2D eigenvalue weighted by Gasteiger charge is 2.31. The van der Waals surface area contributed by atoms with Crippen molar-refractivity contribution in [1.29, 1.82) is 0 Å². The van der Waals surface area contributed by atoms with E-state index in [4.69, 9.17) is 11.6 Å². The van der Waals surface area contributed by atoms with Gasteiger partial charge in [0.1, 0.15) is 5.69 Å². The molecular formula is C9H5ClF3NO. The molecule has 1 rings (SSSR count). The molecule has 0 fully saturated rings. The molecule has 0 aliphatic heterocycles. The van der Waals surface area contributed by atoms with Crippen molar-refractivity contribution in [2.24, 2.45) is 0 Å². The fourth-order valence-corrected chi connectivity index (χ4v) is 0.896. The Morgan fingerprint density at radius 3 is 2.47 bits per heavy atom. The van der Waals surface area contributed by atoms with Crippen LogP contribution in [0.1, 0.15) is 11.3 Å². The molecule has 1 aromatic heterocycles. The van der Waals surface area contributed by atoms with Gasteiger partial charge >= 0.3 is 6.18 Å². The van der Waals surface area contributed by atoms with Crippen LogP contribution in [0.2, 0.25) is 0 Å². The summed E-state index contributed by atoms with van der Waals surface area (Å²) in [6.45, 7) is 0. The monoisotopic (exact) mass is 235 g/mol. The maximum absolute atomic E-state index is 12.1. The average molecular weight is 236 g/mol. The van der Waals surface area contributed by atoms with E-state index in [1.807, 2.05) is 0 Å². The number of rotatable bonds is 2. The van der Waals surface area contributed by atoms with Crippen molar-refractivity contribution in [1.82, 2.24) is 4.98 Å². The molecule has 1 heterocycles. The minimum absolute atomic E-state index is 0.372. The van der Waals surface area contributed by atoms with Crippen LogP contribution in [-0.4, -0.2) is 10.2 Å². The predicted octanol–water partition coefficient (Wildman–Crippen LogP) is 2.88. The van der Waals surface area contributed by atoms with Gasteiger partial charge in [-0.25, -0.2) is 0 Å². The minimum Gasteiger partial charge on any atom is -0.276 e. The van der Waals surface area contributed by atoms with Crippen molar-refractivity contribution < 1.29 is 18.0 Å². The van der Waals surface area contributed by atoms with Gasteiger partial charge in [0.25, 0.3) is 0 Å². The Morgan fingerprint density at radius 2 is 2.07 bits per heavy atom. The SMILES string of the molecule is O=C(Cl)/C=C/c1ccc(C(F)(F)F)nc1. The number of carbonyl (C=O) groups excluding carboxylic acids is 1. The van der Waals surface area contributed by atoms with Crippen LogP contribution in [0.5, 0.6) is 0 Å². The first-order valence-electron chi connectivity index (χ1n) is 3.80. The van der Waals surface area contributed by atoms with Crippen molar-refractivity contribution in [2.75, 3.05) is 0 Å². The summed E-state index contributed by atoms with van der Waals surface area (Å²) in [6, 6.07) is 2.03. The van der Waals surface area contributed by atoms with Crippen molar-refractivity contribution in [3.8, 4) is 0 Å². The predicted molar refractivity (Wildman–Crippen MR) is 49.1 cm³/mol. The first kappa shape index (κ1) is 11.7. The lowest BCUT2D eigenvalue weighted by Crippen LogP contribution is -2.07. The standard InChI is InChI=1S/C9H5ClF3NO/c10-8(15)4-2-6-1-3-7(14-5-6)9(11,12)13/h1-5H/b4-2+. The molecular weight excluding hydrogens is 231 g/mol. The largest absolute Gasteiger partial charge is 0.433 e. The number of aromatic nitrogens is 1. The first-order valence-corrected chi connectivity index (χ1v) is 4.18. The minimum atomic E-state index is -4.45. The van der Waals surface area contributed by atoms with E-state index in [9.17, 15) is 18.0 Å². The van der Waals surface area contributed by atoms with Gasteiger partial charge in [-0.15, -0.1) is 0 Å². The van der Waals surface area contributed by atoms with Crippen LogP contribution < -0.4 is 0 Å². The molecule has 0 atom stereocenters. The number of alkyl halides is 3. The summed E-state index contributed by atoms with van der Waals surface area (Å²) in [6.07, 6.45) is -1.13. The zero-order chi connectivity index (χ0) is 11.5. The van der Waals surface area contributed by atoms with Crippen LogP contribution in [0, 0.1) is 0 Å². The molecule has 1 aromatic rings. The van der Waals surface area contributed by atoms with Crippen molar-refractivity contribution in [3.63, 3.8) is 0 Å². The third-order valence-electron chi connectivity index (χ3n) is 1.48. The number of hydrogen-bond acceptors (Lipinski definition) is 2. The van der Waals surface area contributed by atoms with E-state index in [-0.39, 0.29) is 0 Å². The summed E-state index contributed by atoms with van der Waals surface area (Å²) >= 11 is 5.01. The van der Waals surface area contributed by atoms with Crippen LogP contribution in [0.25, 0.3) is 6.08 Å². The maximum Gasteiger partial charge on any atom is 0.433 e. The number of carbonyl (C=O) groups is 1. The van der Waals surface area contributed by atoms with Crippen molar-refractivity contribution in [3.05, 3.63) is 35.7 Å². The lowest BCUT2D eigenvalue weighted by Gasteiger charge is -2.04. The summed E-state index contributed by atoms with van der Waals surface area (Å²) in [7, 11) is 0. The Labute approximate surface area is 88.4 Å². The summed E-state index contributed by atoms with van der Waals surface area (Å²) in [5, 5.41) is -0.699. The van der Waals surface area contributed by atoms with Gasteiger partial charge in [0, 0.05) is 6.20 Å². The molecule has 6 heteroatoms. The zero-order valence-corrected chi connectivity index (χ0v) is 8.01. The second-order valence-electron chi connectivity index (χ2n) is 2.61. The lowest BCUT2D eigenvalue weighted by atomic mass is 10.2. The summed E-state index contributed by atoms with van der Waals surface area (Å²) in [5.74, 6) is 0. The summed E-state index contributed by atoms with van der Waals surface area (Å²) in [5.41, 5.74) is -0.603. The molecule has 0 aromatic carbocycles. The highest BCUT2D eigenvalue weighted by molar-refractivity contribution is 6.66. The van der Waals surface area contributed by atoms with Crippen LogP contribution >= 0.6 is 11.6 Å². The number of halogens is 4. The molecule has 0 bridgehead atoms. The Hall–Kier alpha value is -1.36. The molecule has 80 valence electrons.